The van der Waals surface area contributed by atoms with Crippen LogP contribution in [0.5, 0.6) is 0 Å². The highest BCUT2D eigenvalue weighted by Gasteiger charge is 2.19. The van der Waals surface area contributed by atoms with E-state index in [1.807, 2.05) is 29.6 Å². The highest BCUT2D eigenvalue weighted by Crippen LogP contribution is 2.28. The molecule has 2 heterocycles. The fourth-order valence-corrected chi connectivity index (χ4v) is 4.65. The number of anilines is 1. The average Bonchev–Trinajstić information content (AvgIpc) is 3.20. The van der Waals surface area contributed by atoms with Gasteiger partial charge >= 0.3 is 0 Å². The van der Waals surface area contributed by atoms with Gasteiger partial charge in [-0.05, 0) is 35.1 Å². The highest BCUT2D eigenvalue weighted by molar-refractivity contribution is 7.22. The van der Waals surface area contributed by atoms with Gasteiger partial charge in [-0.2, -0.15) is 0 Å². The van der Waals surface area contributed by atoms with Gasteiger partial charge in [0.25, 0.3) is 0 Å². The van der Waals surface area contributed by atoms with Crippen LogP contribution in [0.2, 0.25) is 0 Å². The van der Waals surface area contributed by atoms with Crippen LogP contribution in [0.4, 0.5) is 5.13 Å². The lowest BCUT2D eigenvalue weighted by Crippen LogP contribution is -2.32. The third-order valence-corrected chi connectivity index (χ3v) is 5.82. The van der Waals surface area contributed by atoms with E-state index in [9.17, 15) is 9.59 Å². The molecule has 0 fully saturated rings. The lowest BCUT2D eigenvalue weighted by Gasteiger charge is -2.21. The smallest absolute Gasteiger partial charge is 0.224 e. The third-order valence-electron chi connectivity index (χ3n) is 3.93. The van der Waals surface area contributed by atoms with Crippen LogP contribution in [0.15, 0.2) is 35.7 Å². The summed E-state index contributed by atoms with van der Waals surface area (Å²) in [4.78, 5) is 29.2. The van der Waals surface area contributed by atoms with Crippen LogP contribution in [0.1, 0.15) is 37.3 Å². The Labute approximate surface area is 160 Å². The molecular weight excluding hydrogens is 366 g/mol. The number of thiophene rings is 1. The molecule has 26 heavy (non-hydrogen) atoms. The molecule has 1 unspecified atom stereocenters. The maximum atomic E-state index is 12.5. The summed E-state index contributed by atoms with van der Waals surface area (Å²) >= 11 is 3.07. The van der Waals surface area contributed by atoms with Gasteiger partial charge in [-0.1, -0.05) is 37.3 Å². The SMILES string of the molecule is CC(=O)Nc1nc2ccc(CC(=O)NC(c3cccs3)C(C)C)cc2s1. The molecule has 0 aliphatic heterocycles. The first-order chi connectivity index (χ1) is 12.4. The van der Waals surface area contributed by atoms with Crippen molar-refractivity contribution in [2.75, 3.05) is 5.32 Å². The van der Waals surface area contributed by atoms with E-state index in [0.717, 1.165) is 15.8 Å². The summed E-state index contributed by atoms with van der Waals surface area (Å²) < 4.78 is 0.956. The van der Waals surface area contributed by atoms with E-state index < -0.39 is 0 Å². The van der Waals surface area contributed by atoms with Gasteiger partial charge in [0.05, 0.1) is 22.7 Å². The molecule has 0 spiro atoms. The van der Waals surface area contributed by atoms with Gasteiger partial charge in [0.2, 0.25) is 11.8 Å². The van der Waals surface area contributed by atoms with Gasteiger partial charge in [0.1, 0.15) is 0 Å². The first-order valence-electron chi connectivity index (χ1n) is 8.42. The second-order valence-corrected chi connectivity index (χ2v) is 8.49. The molecule has 0 saturated carbocycles. The van der Waals surface area contributed by atoms with E-state index in [2.05, 4.69) is 35.5 Å². The van der Waals surface area contributed by atoms with Gasteiger partial charge in [0.15, 0.2) is 5.13 Å². The number of carbonyl (C=O) groups is 2. The fraction of sp³-hybridized carbons (Fsp3) is 0.316. The summed E-state index contributed by atoms with van der Waals surface area (Å²) in [5.74, 6) is 0.182. The number of rotatable bonds is 6. The molecule has 0 aliphatic carbocycles. The number of thiazole rings is 1. The Hall–Kier alpha value is -2.25. The van der Waals surface area contributed by atoms with Gasteiger partial charge in [-0.15, -0.1) is 11.3 Å². The van der Waals surface area contributed by atoms with Crippen molar-refractivity contribution in [3.63, 3.8) is 0 Å². The zero-order valence-electron chi connectivity index (χ0n) is 14.9. The van der Waals surface area contributed by atoms with Gasteiger partial charge in [-0.3, -0.25) is 9.59 Å². The normalized spacial score (nSPS) is 12.3. The molecule has 0 aliphatic rings. The van der Waals surface area contributed by atoms with Crippen LogP contribution in [0.3, 0.4) is 0 Å². The van der Waals surface area contributed by atoms with Crippen molar-refractivity contribution in [3.05, 3.63) is 46.2 Å². The number of nitrogens with zero attached hydrogens (tertiary/aromatic N) is 1. The zero-order valence-corrected chi connectivity index (χ0v) is 16.5. The molecule has 0 bridgehead atoms. The largest absolute Gasteiger partial charge is 0.348 e. The Bertz CT molecular complexity index is 916. The van der Waals surface area contributed by atoms with Crippen molar-refractivity contribution >= 4 is 49.8 Å². The number of amides is 2. The molecule has 3 aromatic rings. The minimum atomic E-state index is -0.142. The molecule has 1 atom stereocenters. The van der Waals surface area contributed by atoms with Crippen LogP contribution in [0, 0.1) is 5.92 Å². The average molecular weight is 388 g/mol. The quantitative estimate of drug-likeness (QED) is 0.660. The van der Waals surface area contributed by atoms with E-state index in [-0.39, 0.29) is 17.9 Å². The molecule has 0 saturated heterocycles. The van der Waals surface area contributed by atoms with Crippen LogP contribution in [-0.2, 0) is 16.0 Å². The van der Waals surface area contributed by atoms with Crippen molar-refractivity contribution < 1.29 is 9.59 Å². The summed E-state index contributed by atoms with van der Waals surface area (Å²) in [7, 11) is 0. The monoisotopic (exact) mass is 387 g/mol. The first-order valence-corrected chi connectivity index (χ1v) is 10.1. The predicted molar refractivity (Wildman–Crippen MR) is 108 cm³/mol. The van der Waals surface area contributed by atoms with Crippen molar-refractivity contribution in [1.29, 1.82) is 0 Å². The van der Waals surface area contributed by atoms with Gasteiger partial charge in [0, 0.05) is 11.8 Å². The number of fused-ring (bicyclic) bond motifs is 1. The van der Waals surface area contributed by atoms with E-state index in [4.69, 9.17) is 0 Å². The summed E-state index contributed by atoms with van der Waals surface area (Å²) in [6.45, 7) is 5.68. The fourth-order valence-electron chi connectivity index (χ4n) is 2.73. The van der Waals surface area contributed by atoms with Crippen LogP contribution in [0.25, 0.3) is 10.2 Å². The van der Waals surface area contributed by atoms with Gasteiger partial charge in [-0.25, -0.2) is 4.98 Å². The molecule has 2 aromatic heterocycles. The Morgan fingerprint density at radius 3 is 2.69 bits per heavy atom. The Morgan fingerprint density at radius 2 is 2.04 bits per heavy atom. The number of aromatic nitrogens is 1. The molecule has 2 N–H and O–H groups in total. The van der Waals surface area contributed by atoms with E-state index in [1.54, 1.807) is 11.3 Å². The lowest BCUT2D eigenvalue weighted by atomic mass is 10.0. The maximum Gasteiger partial charge on any atom is 0.224 e. The number of benzene rings is 1. The van der Waals surface area contributed by atoms with Crippen LogP contribution < -0.4 is 10.6 Å². The molecule has 2 amide bonds. The Morgan fingerprint density at radius 1 is 1.23 bits per heavy atom. The lowest BCUT2D eigenvalue weighted by molar-refractivity contribution is -0.121. The predicted octanol–water partition coefficient (Wildman–Crippen LogP) is 4.37. The molecule has 7 heteroatoms. The summed E-state index contributed by atoms with van der Waals surface area (Å²) in [5, 5.41) is 8.45. The molecule has 136 valence electrons. The van der Waals surface area contributed by atoms with E-state index in [1.165, 1.54) is 23.1 Å². The summed E-state index contributed by atoms with van der Waals surface area (Å²) in [6, 6.07) is 9.86. The van der Waals surface area contributed by atoms with Gasteiger partial charge < -0.3 is 10.6 Å². The summed E-state index contributed by atoms with van der Waals surface area (Å²) in [6.07, 6.45) is 0.317. The van der Waals surface area contributed by atoms with Crippen LogP contribution >= 0.6 is 22.7 Å². The Balaban J connectivity index is 1.71. The third kappa shape index (κ3) is 4.47. The molecule has 5 nitrogen and oxygen atoms in total. The molecule has 1 aromatic carbocycles. The standard InChI is InChI=1S/C19H21N3O2S2/c1-11(2)18(15-5-4-8-25-15)22-17(24)10-13-6-7-14-16(9-13)26-19(21-14)20-12(3)23/h4-9,11,18H,10H2,1-3H3,(H,22,24)(H,20,21,23). The van der Waals surface area contributed by atoms with Crippen molar-refractivity contribution in [2.24, 2.45) is 5.92 Å². The number of hydrogen-bond donors (Lipinski definition) is 2. The number of hydrogen-bond acceptors (Lipinski definition) is 5. The number of nitrogens with one attached hydrogen (secondary N) is 2. The first kappa shape index (κ1) is 18.5. The van der Waals surface area contributed by atoms with Crippen molar-refractivity contribution in [2.45, 2.75) is 33.2 Å². The molecule has 3 rings (SSSR count). The summed E-state index contributed by atoms with van der Waals surface area (Å²) in [5.41, 5.74) is 1.75. The minimum Gasteiger partial charge on any atom is -0.348 e. The van der Waals surface area contributed by atoms with Crippen LogP contribution in [-0.4, -0.2) is 16.8 Å². The van der Waals surface area contributed by atoms with Crippen molar-refractivity contribution in [3.8, 4) is 0 Å². The highest BCUT2D eigenvalue weighted by atomic mass is 32.1. The molecular formula is C19H21N3O2S2. The molecule has 0 radical (unpaired) electrons. The van der Waals surface area contributed by atoms with E-state index >= 15 is 0 Å². The van der Waals surface area contributed by atoms with Crippen molar-refractivity contribution in [1.82, 2.24) is 10.3 Å². The Kier molecular flexibility index (Phi) is 5.68. The van der Waals surface area contributed by atoms with E-state index in [0.29, 0.717) is 17.5 Å². The minimum absolute atomic E-state index is 0.00282. The number of carbonyl (C=O) groups excluding carboxylic acids is 2. The zero-order chi connectivity index (χ0) is 18.7. The second-order valence-electron chi connectivity index (χ2n) is 6.48. The second kappa shape index (κ2) is 7.97. The maximum absolute atomic E-state index is 12.5. The topological polar surface area (TPSA) is 71.1 Å².